The fourth-order valence-electron chi connectivity index (χ4n) is 10.9. The summed E-state index contributed by atoms with van der Waals surface area (Å²) >= 11 is 0. The predicted octanol–water partition coefficient (Wildman–Crippen LogP) is -7.44. The fraction of sp³-hybridized carbons (Fsp3) is 0.579. The van der Waals surface area contributed by atoms with Gasteiger partial charge in [0.05, 0.1) is 86.1 Å². The number of H-pyrrole nitrogens is 1. The first kappa shape index (κ1) is 76.5. The smallest absolute Gasteiger partial charge is 0.458 e. The SMILES string of the molecule is CC[C@H](C)[C@@H]1CNC(=O)CNC(=O)[C@@H]2Cc3c([nH]c4cc(OS(=O)(=O)Oc5cc(C(=O)NCCOCCN=[N+]=[N-])ccc5O[C@@H]5O[C@H](CO)[C@H](O)[C@H](O)[C@H]5O)ccc34)S(=O)C[C@H](NC(=O)CNC1=O)C(=O)N[C@@H](CC(N)=O)C(=O)N1C[C@H](O)C[C@H]1C(=O)N[C@@H]([C@@H](C)[C@@H](O)CO)C(=O)N2. The number of aromatic amines is 1. The van der Waals surface area contributed by atoms with Gasteiger partial charge in [-0.15, -0.1) is 8.42 Å². The summed E-state index contributed by atoms with van der Waals surface area (Å²) in [7, 11) is -8.18. The van der Waals surface area contributed by atoms with Crippen molar-refractivity contribution in [2.45, 2.75) is 125 Å². The van der Waals surface area contributed by atoms with E-state index < -0.39 is 251 Å². The molecule has 10 amide bonds. The highest BCUT2D eigenvalue weighted by molar-refractivity contribution is 7.85. The Balaban J connectivity index is 1.34. The molecule has 39 nitrogen and oxygen atoms in total. The minimum absolute atomic E-state index is 0.00779. The maximum atomic E-state index is 15.3. The number of aliphatic hydroxyl groups excluding tert-OH is 7. The summed E-state index contributed by atoms with van der Waals surface area (Å²) in [6.45, 7) is -0.0772. The lowest BCUT2D eigenvalue weighted by Gasteiger charge is -2.39. The first-order chi connectivity index (χ1) is 46.5. The number of carbonyl (C=O) groups excluding carboxylic acids is 10. The van der Waals surface area contributed by atoms with Crippen LogP contribution in [0, 0.1) is 17.8 Å². The molecule has 0 spiro atoms. The monoisotopic (exact) mass is 1420 g/mol. The van der Waals surface area contributed by atoms with Crippen molar-refractivity contribution < 1.29 is 119 Å². The molecule has 538 valence electrons. The van der Waals surface area contributed by atoms with E-state index >= 15 is 4.21 Å². The van der Waals surface area contributed by atoms with Crippen LogP contribution in [0.2, 0.25) is 0 Å². The van der Waals surface area contributed by atoms with Crippen LogP contribution in [0.4, 0.5) is 0 Å². The zero-order chi connectivity index (χ0) is 71.9. The molecular formula is C57H78N14O25S2. The molecule has 0 radical (unpaired) electrons. The average Bonchev–Trinajstić information content (AvgIpc) is 1.72. The van der Waals surface area contributed by atoms with Crippen molar-refractivity contribution in [3.05, 3.63) is 58.0 Å². The molecule has 1 unspecified atom stereocenters. The van der Waals surface area contributed by atoms with Gasteiger partial charge < -0.3 is 116 Å². The van der Waals surface area contributed by atoms with E-state index in [0.717, 1.165) is 41.3 Å². The van der Waals surface area contributed by atoms with Crippen molar-refractivity contribution in [1.29, 1.82) is 0 Å². The lowest BCUT2D eigenvalue weighted by atomic mass is 9.90. The number of nitrogens with zero attached hydrogens (tertiary/aromatic N) is 4. The molecule has 2 fully saturated rings. The Morgan fingerprint density at radius 3 is 2.28 bits per heavy atom. The average molecular weight is 1420 g/mol. The molecule has 18 N–H and O–H groups in total. The molecule has 16 atom stereocenters. The zero-order valence-electron chi connectivity index (χ0n) is 52.9. The lowest BCUT2D eigenvalue weighted by Crippen LogP contribution is -2.61. The van der Waals surface area contributed by atoms with Gasteiger partial charge in [0, 0.05) is 66.9 Å². The van der Waals surface area contributed by atoms with Crippen molar-refractivity contribution in [2.24, 2.45) is 28.6 Å². The topological polar surface area (TPSA) is 600 Å². The molecule has 3 aromatic rings. The van der Waals surface area contributed by atoms with E-state index in [1.165, 1.54) is 6.92 Å². The highest BCUT2D eigenvalue weighted by Crippen LogP contribution is 2.36. The first-order valence-electron chi connectivity index (χ1n) is 30.7. The van der Waals surface area contributed by atoms with E-state index in [0.29, 0.717) is 6.42 Å². The number of nitrogens with one attached hydrogen (secondary N) is 9. The molecule has 2 saturated heterocycles. The molecule has 2 bridgehead atoms. The van der Waals surface area contributed by atoms with Gasteiger partial charge in [-0.2, -0.15) is 0 Å². The van der Waals surface area contributed by atoms with Gasteiger partial charge in [0.25, 0.3) is 5.91 Å². The number of primary amides is 1. The van der Waals surface area contributed by atoms with Crippen LogP contribution < -0.4 is 61.4 Å². The summed E-state index contributed by atoms with van der Waals surface area (Å²) in [5.74, 6) is -16.8. The minimum Gasteiger partial charge on any atom is -0.458 e. The molecule has 98 heavy (non-hydrogen) atoms. The second-order valence-corrected chi connectivity index (χ2v) is 25.9. The Morgan fingerprint density at radius 2 is 1.58 bits per heavy atom. The fourth-order valence-corrected chi connectivity index (χ4v) is 13.0. The lowest BCUT2D eigenvalue weighted by molar-refractivity contribution is -0.277. The standard InChI is InChI=1S/C57H78N14O25S2/c1-4-25(2)32-18-61-43(77)19-63-51(84)34-16-31-30-7-6-29(95-98(90,91)96-40-13-27(49(82)60-9-11-92-12-10-64-70-59)5-8-39(40)93-57-48(81)47(80)46(79)41(23-73)94-57)15-33(30)68-55(31)97(89)24-36(65-44(78)20-62-50(32)83)52(85)67-35(17-42(58)76)56(88)71-21-28(74)14-37(71)53(86)69-45(54(87)66-34)26(3)38(75)22-72/h5-8,13,15,25-26,28,32,34-38,41,45-48,57,68,72-75,79-81H,4,9-12,14,16-24H2,1-3H3,(H2,58,76)(H,60,82)(H,61,77)(H,62,83)(H,63,84)(H,65,78)(H,66,87)(H,67,85)(H,69,86)/t25-,26-,28+,32-,34-,35-,36-,37-,38-,41+,45-,46-,47-,48+,57+,97?/m0/s1. The largest absolute Gasteiger partial charge is 0.501 e. The number of aromatic nitrogens is 1. The predicted molar refractivity (Wildman–Crippen MR) is 333 cm³/mol. The second-order valence-electron chi connectivity index (χ2n) is 23.4. The van der Waals surface area contributed by atoms with Gasteiger partial charge in [0.1, 0.15) is 65.4 Å². The van der Waals surface area contributed by atoms with Crippen molar-refractivity contribution in [3.8, 4) is 17.2 Å². The van der Waals surface area contributed by atoms with Crippen molar-refractivity contribution >= 4 is 91.2 Å². The first-order valence-corrected chi connectivity index (χ1v) is 33.4. The second kappa shape index (κ2) is 34.6. The Labute approximate surface area is 560 Å². The van der Waals surface area contributed by atoms with Crippen LogP contribution in [0.15, 0.2) is 46.5 Å². The van der Waals surface area contributed by atoms with E-state index in [2.05, 4.69) is 57.5 Å². The molecule has 2 aromatic carbocycles. The number of ether oxygens (including phenoxy) is 3. The maximum Gasteiger partial charge on any atom is 0.501 e. The van der Waals surface area contributed by atoms with Gasteiger partial charge in [0.15, 0.2) is 11.5 Å². The zero-order valence-corrected chi connectivity index (χ0v) is 54.5. The van der Waals surface area contributed by atoms with Crippen LogP contribution in [0.5, 0.6) is 17.2 Å². The van der Waals surface area contributed by atoms with E-state index in [-0.39, 0.29) is 54.9 Å². The number of amides is 10. The van der Waals surface area contributed by atoms with Crippen LogP contribution in [0.3, 0.4) is 0 Å². The number of hydrogen-bond donors (Lipinski definition) is 17. The highest BCUT2D eigenvalue weighted by atomic mass is 32.3. The quantitative estimate of drug-likeness (QED) is 0.0204. The van der Waals surface area contributed by atoms with Gasteiger partial charge in [-0.05, 0) is 47.3 Å². The third-order valence-corrected chi connectivity index (χ3v) is 18.7. The number of benzene rings is 2. The Morgan fingerprint density at radius 1 is 0.857 bits per heavy atom. The number of nitrogens with two attached hydrogens (primary N) is 1. The van der Waals surface area contributed by atoms with E-state index in [1.54, 1.807) is 13.8 Å². The molecule has 0 aliphatic carbocycles. The van der Waals surface area contributed by atoms with Crippen molar-refractivity contribution in [2.75, 3.05) is 71.4 Å². The molecule has 0 saturated carbocycles. The van der Waals surface area contributed by atoms with Gasteiger partial charge in [-0.3, -0.25) is 52.2 Å². The third kappa shape index (κ3) is 19.7. The summed E-state index contributed by atoms with van der Waals surface area (Å²) in [6, 6.07) is -3.47. The van der Waals surface area contributed by atoms with Crippen molar-refractivity contribution in [1.82, 2.24) is 52.4 Å². The van der Waals surface area contributed by atoms with Gasteiger partial charge in [-0.1, -0.05) is 32.3 Å². The van der Waals surface area contributed by atoms with Crippen LogP contribution in [0.1, 0.15) is 56.0 Å². The molecule has 7 rings (SSSR count). The summed E-state index contributed by atoms with van der Waals surface area (Å²) in [5.41, 5.74) is 13.4. The summed E-state index contributed by atoms with van der Waals surface area (Å²) < 4.78 is 70.7. The van der Waals surface area contributed by atoms with Crippen LogP contribution in [-0.4, -0.2) is 262 Å². The molecule has 4 aliphatic rings. The third-order valence-electron chi connectivity index (χ3n) is 16.5. The van der Waals surface area contributed by atoms with Gasteiger partial charge in [0.2, 0.25) is 59.5 Å². The highest BCUT2D eigenvalue weighted by Gasteiger charge is 2.47. The number of azide groups is 1. The maximum absolute atomic E-state index is 15.3. The molecule has 1 aromatic heterocycles. The van der Waals surface area contributed by atoms with Crippen LogP contribution in [-0.2, 0) is 80.2 Å². The number of aliphatic hydroxyl groups is 7. The number of fused-ring (bicyclic) bond motifs is 5. The molecule has 5 heterocycles. The van der Waals surface area contributed by atoms with Gasteiger partial charge in [-0.25, -0.2) is 0 Å². The van der Waals surface area contributed by atoms with Crippen LogP contribution >= 0.6 is 0 Å². The Hall–Kier alpha value is -8.87. The Bertz CT molecular complexity index is 3650. The number of hydrogen-bond acceptors (Lipinski definition) is 26. The molecule has 41 heteroatoms. The van der Waals surface area contributed by atoms with E-state index in [4.69, 9.17) is 33.8 Å². The van der Waals surface area contributed by atoms with E-state index in [1.807, 2.05) is 0 Å². The van der Waals surface area contributed by atoms with E-state index in [9.17, 15) is 92.1 Å². The summed E-state index contributed by atoms with van der Waals surface area (Å²) in [5, 5.41) is 95.8. The normalized spacial score (nSPS) is 27.4. The molecule has 4 aliphatic heterocycles. The number of carbonyl (C=O) groups is 10. The molecular weight excluding hydrogens is 1340 g/mol. The summed E-state index contributed by atoms with van der Waals surface area (Å²) in [6.07, 6.45) is -14.4. The van der Waals surface area contributed by atoms with Crippen molar-refractivity contribution in [3.63, 3.8) is 0 Å². The van der Waals surface area contributed by atoms with Gasteiger partial charge >= 0.3 is 10.4 Å². The Kier molecular flexibility index (Phi) is 27.0. The minimum atomic E-state index is -5.48. The van der Waals surface area contributed by atoms with Crippen LogP contribution in [0.25, 0.3) is 21.3 Å². The summed E-state index contributed by atoms with van der Waals surface area (Å²) in [4.78, 5) is 147. The number of rotatable bonds is 21.